The number of halogens is 2. The molecule has 0 saturated heterocycles. The predicted octanol–water partition coefficient (Wildman–Crippen LogP) is 9.53. The number of fused-ring (bicyclic) bond motifs is 2. The van der Waals surface area contributed by atoms with Crippen molar-refractivity contribution < 1.29 is 33.6 Å². The van der Waals surface area contributed by atoms with Gasteiger partial charge in [0.05, 0.1) is 0 Å². The first-order chi connectivity index (χ1) is 19.6. The molecule has 4 aromatic carbocycles. The Morgan fingerprint density at radius 3 is 1.32 bits per heavy atom. The van der Waals surface area contributed by atoms with Crippen molar-refractivity contribution in [2.75, 3.05) is 0 Å². The standard InChI is InChI=1S/2C11H11.2C6H5FO.C2H4.Zr/c2*1-8-6-10-4-3-5-11(10)7-9(8)2;2*7-5-1-3-6(8)4-2-5;1-2;/h2*3-7H,1-2H3;2*1-4,8H;1H,2H3;/q;;;;;+2/p-2. The van der Waals surface area contributed by atoms with Crippen molar-refractivity contribution in [2.24, 2.45) is 0 Å². The van der Waals surface area contributed by atoms with Gasteiger partial charge in [0.1, 0.15) is 0 Å². The Morgan fingerprint density at radius 2 is 0.951 bits per heavy atom. The molecule has 5 heteroatoms. The summed E-state index contributed by atoms with van der Waals surface area (Å²) in [4.78, 5) is 0. The molecule has 0 aliphatic heterocycles. The van der Waals surface area contributed by atoms with Crippen LogP contribution in [0.1, 0.15) is 58.7 Å². The van der Waals surface area contributed by atoms with Crippen molar-refractivity contribution in [3.05, 3.63) is 141 Å². The van der Waals surface area contributed by atoms with Gasteiger partial charge in [-0.15, -0.1) is 0 Å². The van der Waals surface area contributed by atoms with E-state index < -0.39 is 19.2 Å². The predicted molar refractivity (Wildman–Crippen MR) is 161 cm³/mol. The molecule has 0 spiro atoms. The molecule has 2 aliphatic carbocycles. The number of allylic oxidation sites excluding steroid dienone is 2. The summed E-state index contributed by atoms with van der Waals surface area (Å²) in [7, 11) is 0. The average molecular weight is 628 g/mol. The summed E-state index contributed by atoms with van der Waals surface area (Å²) in [6.45, 7) is 10.5. The SMILES string of the molecule is C[CH]=[Zr]([O]c1ccc(F)cc1)([O]c1ccc(F)cc1)([CH]1C=Cc2cc(C)c(C)cc21)[CH]1C=Cc2cc(C)c(C)cc21. The van der Waals surface area contributed by atoms with Crippen LogP contribution in [-0.2, 0) is 19.2 Å². The molecule has 2 aliphatic rings. The van der Waals surface area contributed by atoms with Crippen molar-refractivity contribution >= 4 is 15.9 Å². The molecule has 0 radical (unpaired) electrons. The first kappa shape index (κ1) is 27.7. The molecule has 2 atom stereocenters. The first-order valence-corrected chi connectivity index (χ1v) is 20.3. The van der Waals surface area contributed by atoms with Gasteiger partial charge in [-0.1, -0.05) is 0 Å². The van der Waals surface area contributed by atoms with Gasteiger partial charge in [0.15, 0.2) is 0 Å². The van der Waals surface area contributed by atoms with Gasteiger partial charge in [-0.25, -0.2) is 0 Å². The summed E-state index contributed by atoms with van der Waals surface area (Å²) in [6, 6.07) is 21.4. The summed E-state index contributed by atoms with van der Waals surface area (Å²) in [5.41, 5.74) is 9.45. The van der Waals surface area contributed by atoms with Gasteiger partial charge < -0.3 is 0 Å². The molecule has 0 saturated carbocycles. The zero-order valence-corrected chi connectivity index (χ0v) is 26.5. The molecule has 6 rings (SSSR count). The van der Waals surface area contributed by atoms with Gasteiger partial charge >= 0.3 is 244 Å². The van der Waals surface area contributed by atoms with Crippen LogP contribution in [0.4, 0.5) is 8.78 Å². The van der Waals surface area contributed by atoms with Crippen molar-refractivity contribution in [2.45, 2.75) is 41.9 Å². The molecule has 208 valence electrons. The minimum atomic E-state index is -5.47. The molecule has 4 aromatic rings. The van der Waals surface area contributed by atoms with Gasteiger partial charge in [0.25, 0.3) is 0 Å². The quantitative estimate of drug-likeness (QED) is 0.212. The van der Waals surface area contributed by atoms with Crippen LogP contribution in [-0.4, -0.2) is 3.71 Å². The molecular formula is C36H34F2O2Zr. The molecule has 41 heavy (non-hydrogen) atoms. The van der Waals surface area contributed by atoms with Crippen molar-refractivity contribution in [3.8, 4) is 11.5 Å². The summed E-state index contributed by atoms with van der Waals surface area (Å²) in [5.74, 6) is 0.435. The Balaban J connectivity index is 1.70. The van der Waals surface area contributed by atoms with Crippen molar-refractivity contribution in [1.29, 1.82) is 0 Å². The monoisotopic (exact) mass is 626 g/mol. The maximum absolute atomic E-state index is 14.1. The van der Waals surface area contributed by atoms with Crippen LogP contribution < -0.4 is 5.63 Å². The molecule has 0 fully saturated rings. The Morgan fingerprint density at radius 1 is 0.585 bits per heavy atom. The molecular weight excluding hydrogens is 594 g/mol. The minimum absolute atomic E-state index is 0.201. The number of hydrogen-bond donors (Lipinski definition) is 0. The zero-order valence-electron chi connectivity index (χ0n) is 24.0. The second kappa shape index (κ2) is 10.1. The third kappa shape index (κ3) is 4.50. The molecule has 0 aromatic heterocycles. The number of rotatable bonds is 6. The van der Waals surface area contributed by atoms with Gasteiger partial charge in [-0.3, -0.25) is 0 Å². The van der Waals surface area contributed by atoms with E-state index in [2.05, 4.69) is 80.0 Å². The fraction of sp³-hybridized carbons (Fsp3) is 0.194. The van der Waals surface area contributed by atoms with Crippen LogP contribution in [0.5, 0.6) is 11.5 Å². The van der Waals surface area contributed by atoms with Crippen LogP contribution in [0.25, 0.3) is 12.2 Å². The number of aryl methyl sites for hydroxylation is 4. The fourth-order valence-corrected chi connectivity index (χ4v) is 21.0. The van der Waals surface area contributed by atoms with Gasteiger partial charge in [-0.2, -0.15) is 0 Å². The normalized spacial score (nSPS) is 17.4. The van der Waals surface area contributed by atoms with Crippen LogP contribution in [0, 0.1) is 39.3 Å². The third-order valence-electron chi connectivity index (χ3n) is 9.10. The topological polar surface area (TPSA) is 18.5 Å². The third-order valence-corrected chi connectivity index (χ3v) is 23.7. The molecule has 2 nitrogen and oxygen atoms in total. The summed E-state index contributed by atoms with van der Waals surface area (Å²) >= 11 is -5.47. The van der Waals surface area contributed by atoms with Crippen LogP contribution >= 0.6 is 0 Å². The molecule has 2 unspecified atom stereocenters. The first-order valence-electron chi connectivity index (χ1n) is 14.1. The van der Waals surface area contributed by atoms with E-state index in [4.69, 9.17) is 5.63 Å². The van der Waals surface area contributed by atoms with E-state index in [1.807, 2.05) is 6.92 Å². The zero-order chi connectivity index (χ0) is 29.0. The maximum atomic E-state index is 14.1. The molecule has 0 amide bonds. The van der Waals surface area contributed by atoms with E-state index in [0.29, 0.717) is 11.5 Å². The van der Waals surface area contributed by atoms with Crippen molar-refractivity contribution in [3.63, 3.8) is 0 Å². The molecule has 0 heterocycles. The van der Waals surface area contributed by atoms with Gasteiger partial charge in [0.2, 0.25) is 0 Å². The Kier molecular flexibility index (Phi) is 6.85. The van der Waals surface area contributed by atoms with Crippen LogP contribution in [0.3, 0.4) is 0 Å². The fourth-order valence-electron chi connectivity index (χ4n) is 6.60. The number of hydrogen-bond acceptors (Lipinski definition) is 2. The second-order valence-corrected chi connectivity index (χ2v) is 23.3. The summed E-state index contributed by atoms with van der Waals surface area (Å²) in [5, 5.41) is 0. The van der Waals surface area contributed by atoms with Crippen LogP contribution in [0.15, 0.2) is 84.9 Å². The second-order valence-electron chi connectivity index (χ2n) is 11.5. The van der Waals surface area contributed by atoms with E-state index in [1.165, 1.54) is 46.5 Å². The van der Waals surface area contributed by atoms with E-state index in [0.717, 1.165) is 22.3 Å². The van der Waals surface area contributed by atoms with Gasteiger partial charge in [0, 0.05) is 0 Å². The Labute approximate surface area is 242 Å². The van der Waals surface area contributed by atoms with Crippen molar-refractivity contribution in [1.82, 2.24) is 0 Å². The van der Waals surface area contributed by atoms with E-state index in [9.17, 15) is 8.78 Å². The van der Waals surface area contributed by atoms with E-state index in [1.54, 1.807) is 24.3 Å². The number of benzene rings is 4. The van der Waals surface area contributed by atoms with E-state index >= 15 is 0 Å². The van der Waals surface area contributed by atoms with Crippen LogP contribution in [0.2, 0.25) is 0 Å². The Bertz CT molecular complexity index is 1670. The summed E-state index contributed by atoms with van der Waals surface area (Å²) in [6.07, 6.45) is 8.81. The average Bonchev–Trinajstić information content (AvgIpc) is 3.56. The molecule has 0 N–H and O–H groups in total. The van der Waals surface area contributed by atoms with E-state index in [-0.39, 0.29) is 18.9 Å². The Hall–Kier alpha value is -3.43. The summed E-state index contributed by atoms with van der Waals surface area (Å²) < 4.78 is 44.9. The van der Waals surface area contributed by atoms with Gasteiger partial charge in [-0.05, 0) is 0 Å². The molecule has 0 bridgehead atoms.